The van der Waals surface area contributed by atoms with E-state index in [0.29, 0.717) is 11.6 Å². The third-order valence-corrected chi connectivity index (χ3v) is 6.50. The van der Waals surface area contributed by atoms with Crippen molar-refractivity contribution in [2.75, 3.05) is 25.0 Å². The van der Waals surface area contributed by atoms with Crippen molar-refractivity contribution in [3.05, 3.63) is 65.2 Å². The maximum Gasteiger partial charge on any atom is 0.573 e. The number of likely N-dealkylation sites (tertiary alicyclic amines) is 1. The van der Waals surface area contributed by atoms with Gasteiger partial charge in [0.25, 0.3) is 6.01 Å². The van der Waals surface area contributed by atoms with Gasteiger partial charge in [-0.15, -0.1) is 13.2 Å². The fourth-order valence-corrected chi connectivity index (χ4v) is 4.72. The molecule has 2 aromatic heterocycles. The maximum absolute atomic E-state index is 13.3. The molecular formula is C27H26ClF3N4O3. The van der Waals surface area contributed by atoms with Gasteiger partial charge < -0.3 is 24.1 Å². The van der Waals surface area contributed by atoms with Crippen molar-refractivity contribution >= 4 is 28.8 Å². The second-order valence-electron chi connectivity index (χ2n) is 9.01. The van der Waals surface area contributed by atoms with Crippen molar-refractivity contribution in [2.24, 2.45) is 0 Å². The summed E-state index contributed by atoms with van der Waals surface area (Å²) in [5, 5.41) is 3.35. The summed E-state index contributed by atoms with van der Waals surface area (Å²) in [5.41, 5.74) is 1.66. The van der Waals surface area contributed by atoms with Crippen molar-refractivity contribution in [1.29, 1.82) is 0 Å². The Balaban J connectivity index is 1.48. The molecule has 1 saturated heterocycles. The van der Waals surface area contributed by atoms with E-state index in [1.807, 2.05) is 30.3 Å². The minimum atomic E-state index is -4.95. The number of hydrogen-bond acceptors (Lipinski definition) is 7. The Kier molecular flexibility index (Phi) is 7.62. The van der Waals surface area contributed by atoms with Crippen LogP contribution in [0.15, 0.2) is 59.0 Å². The molecule has 3 heterocycles. The molecule has 1 unspecified atom stereocenters. The normalized spacial score (nSPS) is 16.5. The van der Waals surface area contributed by atoms with Crippen LogP contribution in [0.5, 0.6) is 11.5 Å². The number of benzene rings is 2. The average Bonchev–Trinajstić information content (AvgIpc) is 3.28. The van der Waals surface area contributed by atoms with Gasteiger partial charge in [-0.05, 0) is 49.7 Å². The molecule has 0 radical (unpaired) electrons. The molecule has 5 rings (SSSR count). The number of fused-ring (bicyclic) bond motifs is 1. The topological polar surface area (TPSA) is 72.7 Å². The summed E-state index contributed by atoms with van der Waals surface area (Å²) in [5.74, 6) is -0.431. The minimum absolute atomic E-state index is 0.00735. The lowest BCUT2D eigenvalue weighted by molar-refractivity contribution is -0.274. The van der Waals surface area contributed by atoms with Crippen LogP contribution in [-0.4, -0.2) is 46.9 Å². The number of rotatable bonds is 8. The highest BCUT2D eigenvalue weighted by atomic mass is 35.5. The van der Waals surface area contributed by atoms with E-state index < -0.39 is 12.1 Å². The number of pyridine rings is 1. The molecule has 1 fully saturated rings. The molecule has 1 N–H and O–H groups in total. The van der Waals surface area contributed by atoms with Gasteiger partial charge >= 0.3 is 6.36 Å². The lowest BCUT2D eigenvalue weighted by atomic mass is 10.1. The molecule has 200 valence electrons. The molecular weight excluding hydrogens is 521 g/mol. The number of aromatic nitrogens is 2. The summed E-state index contributed by atoms with van der Waals surface area (Å²) >= 11 is 6.14. The molecule has 7 nitrogen and oxygen atoms in total. The first-order valence-corrected chi connectivity index (χ1v) is 12.7. The number of likely N-dealkylation sites (N-methyl/N-ethyl adjacent to an activating group) is 1. The smallest absolute Gasteiger partial charge is 0.488 e. The van der Waals surface area contributed by atoms with Crippen LogP contribution in [0, 0.1) is 0 Å². The SMILES string of the molecule is CCN1CCCC(Nc2nc3nc(-c4c(OCc5ccccc5)cc(Cl)cc4OC(F)(F)F)ccc3o2)C1. The summed E-state index contributed by atoms with van der Waals surface area (Å²) < 4.78 is 56.0. The van der Waals surface area contributed by atoms with E-state index in [1.165, 1.54) is 6.07 Å². The fourth-order valence-electron chi connectivity index (χ4n) is 4.52. The zero-order valence-electron chi connectivity index (χ0n) is 20.6. The molecule has 1 aliphatic rings. The number of anilines is 1. The zero-order chi connectivity index (χ0) is 26.7. The molecule has 1 aliphatic heterocycles. The van der Waals surface area contributed by atoms with Crippen molar-refractivity contribution < 1.29 is 27.1 Å². The molecule has 38 heavy (non-hydrogen) atoms. The number of ether oxygens (including phenoxy) is 2. The lowest BCUT2D eigenvalue weighted by Crippen LogP contribution is -2.41. The predicted octanol–water partition coefficient (Wildman–Crippen LogP) is 6.92. The number of nitrogens with one attached hydrogen (secondary N) is 1. The largest absolute Gasteiger partial charge is 0.573 e. The Hall–Kier alpha value is -3.50. The third kappa shape index (κ3) is 6.31. The fraction of sp³-hybridized carbons (Fsp3) is 0.333. The summed E-state index contributed by atoms with van der Waals surface area (Å²) in [7, 11) is 0. The highest BCUT2D eigenvalue weighted by Crippen LogP contribution is 2.43. The van der Waals surface area contributed by atoms with Crippen molar-refractivity contribution in [2.45, 2.75) is 38.8 Å². The molecule has 2 aromatic carbocycles. The molecule has 0 aliphatic carbocycles. The van der Waals surface area contributed by atoms with Gasteiger partial charge in [0, 0.05) is 23.7 Å². The van der Waals surface area contributed by atoms with Gasteiger partial charge in [0.15, 0.2) is 5.58 Å². The molecule has 0 bridgehead atoms. The van der Waals surface area contributed by atoms with E-state index in [9.17, 15) is 13.2 Å². The van der Waals surface area contributed by atoms with E-state index >= 15 is 0 Å². The van der Waals surface area contributed by atoms with Gasteiger partial charge in [-0.25, -0.2) is 4.98 Å². The summed E-state index contributed by atoms with van der Waals surface area (Å²) in [4.78, 5) is 11.3. The summed E-state index contributed by atoms with van der Waals surface area (Å²) in [6.45, 7) is 5.13. The Labute approximate surface area is 222 Å². The summed E-state index contributed by atoms with van der Waals surface area (Å²) in [6, 6.07) is 15.4. The first-order chi connectivity index (χ1) is 18.3. The van der Waals surface area contributed by atoms with Gasteiger partial charge in [-0.2, -0.15) is 4.98 Å². The number of piperidine rings is 1. The molecule has 0 amide bonds. The highest BCUT2D eigenvalue weighted by Gasteiger charge is 2.34. The molecule has 11 heteroatoms. The third-order valence-electron chi connectivity index (χ3n) is 6.28. The molecule has 0 saturated carbocycles. The van der Waals surface area contributed by atoms with Crippen LogP contribution in [0.2, 0.25) is 5.02 Å². The van der Waals surface area contributed by atoms with Crippen LogP contribution < -0.4 is 14.8 Å². The van der Waals surface area contributed by atoms with E-state index in [1.54, 1.807) is 12.1 Å². The van der Waals surface area contributed by atoms with Gasteiger partial charge in [-0.3, -0.25) is 0 Å². The minimum Gasteiger partial charge on any atom is -0.488 e. The highest BCUT2D eigenvalue weighted by molar-refractivity contribution is 6.31. The molecule has 0 spiro atoms. The second kappa shape index (κ2) is 11.1. The van der Waals surface area contributed by atoms with Crippen LogP contribution in [0.3, 0.4) is 0 Å². The Morgan fingerprint density at radius 3 is 2.66 bits per heavy atom. The number of hydrogen-bond donors (Lipinski definition) is 1. The van der Waals surface area contributed by atoms with E-state index in [2.05, 4.69) is 31.8 Å². The first-order valence-electron chi connectivity index (χ1n) is 12.3. The van der Waals surface area contributed by atoms with E-state index in [4.69, 9.17) is 20.8 Å². The predicted molar refractivity (Wildman–Crippen MR) is 138 cm³/mol. The van der Waals surface area contributed by atoms with Crippen molar-refractivity contribution in [3.8, 4) is 22.8 Å². The average molecular weight is 547 g/mol. The summed E-state index contributed by atoms with van der Waals surface area (Å²) in [6.07, 6.45) is -2.89. The van der Waals surface area contributed by atoms with Gasteiger partial charge in [0.1, 0.15) is 18.1 Å². The van der Waals surface area contributed by atoms with Crippen LogP contribution >= 0.6 is 11.6 Å². The van der Waals surface area contributed by atoms with Crippen LogP contribution in [-0.2, 0) is 6.61 Å². The van der Waals surface area contributed by atoms with E-state index in [0.717, 1.165) is 44.1 Å². The van der Waals surface area contributed by atoms with Crippen LogP contribution in [0.25, 0.3) is 22.5 Å². The first kappa shape index (κ1) is 26.1. The number of nitrogens with zero attached hydrogens (tertiary/aromatic N) is 3. The standard InChI is InChI=1S/C27H26ClF3N4O3/c1-2-35-12-6-9-19(15-35)32-26-34-25-21(37-26)11-10-20(33-25)24-22(36-16-17-7-4-3-5-8-17)13-18(28)14-23(24)38-27(29,30)31/h3-5,7-8,10-11,13-14,19H,2,6,9,12,15-16H2,1H3,(H,32,33,34). The van der Waals surface area contributed by atoms with Gasteiger partial charge in [-0.1, -0.05) is 48.9 Å². The van der Waals surface area contributed by atoms with E-state index in [-0.39, 0.29) is 40.3 Å². The molecule has 4 aromatic rings. The van der Waals surface area contributed by atoms with Crippen LogP contribution in [0.4, 0.5) is 19.2 Å². The lowest BCUT2D eigenvalue weighted by Gasteiger charge is -2.31. The molecule has 1 atom stereocenters. The van der Waals surface area contributed by atoms with Crippen LogP contribution in [0.1, 0.15) is 25.3 Å². The maximum atomic E-state index is 13.3. The number of alkyl halides is 3. The monoisotopic (exact) mass is 546 g/mol. The van der Waals surface area contributed by atoms with Gasteiger partial charge in [0.05, 0.1) is 11.3 Å². The van der Waals surface area contributed by atoms with Gasteiger partial charge in [0.2, 0.25) is 5.65 Å². The van der Waals surface area contributed by atoms with Crippen molar-refractivity contribution in [3.63, 3.8) is 0 Å². The number of halogens is 4. The zero-order valence-corrected chi connectivity index (χ0v) is 21.4. The quantitative estimate of drug-likeness (QED) is 0.257. The second-order valence-corrected chi connectivity index (χ2v) is 9.45. The Bertz CT molecular complexity index is 1400. The Morgan fingerprint density at radius 1 is 1.11 bits per heavy atom. The Morgan fingerprint density at radius 2 is 1.89 bits per heavy atom. The van der Waals surface area contributed by atoms with Crippen molar-refractivity contribution in [1.82, 2.24) is 14.9 Å². The number of oxazole rings is 1.